The summed E-state index contributed by atoms with van der Waals surface area (Å²) in [4.78, 5) is 41.9. The summed E-state index contributed by atoms with van der Waals surface area (Å²) in [5, 5.41) is 18.3. The molecule has 2 heterocycles. The molecule has 1 saturated carbocycles. The maximum absolute atomic E-state index is 15.2. The van der Waals surface area contributed by atoms with Crippen LogP contribution in [0.2, 0.25) is 5.02 Å². The molecule has 6 atom stereocenters. The summed E-state index contributed by atoms with van der Waals surface area (Å²) in [6.07, 6.45) is 2.30. The van der Waals surface area contributed by atoms with Crippen molar-refractivity contribution in [1.82, 2.24) is 15.1 Å². The van der Waals surface area contributed by atoms with E-state index in [0.29, 0.717) is 50.2 Å². The first-order valence-electron chi connectivity index (χ1n) is 16.2. The zero-order valence-electron chi connectivity index (χ0n) is 26.9. The molecule has 5 rings (SSSR count). The average molecular weight is 647 g/mol. The van der Waals surface area contributed by atoms with Crippen molar-refractivity contribution >= 4 is 29.4 Å². The fourth-order valence-corrected chi connectivity index (χ4v) is 8.01. The molecule has 2 aliphatic heterocycles. The number of benzene rings is 2. The number of likely N-dealkylation sites (tertiary alicyclic amines) is 2. The Morgan fingerprint density at radius 2 is 1.84 bits per heavy atom. The molecule has 0 radical (unpaired) electrons. The number of aliphatic hydroxyl groups is 1. The van der Waals surface area contributed by atoms with Crippen molar-refractivity contribution in [2.24, 2.45) is 5.92 Å². The van der Waals surface area contributed by atoms with Gasteiger partial charge in [-0.05, 0) is 85.3 Å². The average Bonchev–Trinajstić information content (AvgIpc) is 3.66. The number of halogens is 3. The number of β-amino-alcohol motifs (C(OH)–C–C–N with tert-alkyl or cyclic N) is 1. The van der Waals surface area contributed by atoms with Gasteiger partial charge in [0.15, 0.2) is 0 Å². The second-order valence-corrected chi connectivity index (χ2v) is 13.3. The first-order chi connectivity index (χ1) is 21.9. The molecular formula is C34H42ClF2N3O5. The molecular weight excluding hydrogens is 604 g/mol. The Morgan fingerprint density at radius 3 is 2.47 bits per heavy atom. The molecule has 2 saturated heterocycles. The summed E-state index contributed by atoms with van der Waals surface area (Å²) in [7, 11) is 0. The number of nitrogens with zero attached hydrogens (tertiary/aromatic N) is 2. The van der Waals surface area contributed by atoms with Crippen LogP contribution in [0.25, 0.3) is 0 Å². The Kier molecular flexibility index (Phi) is 9.73. The number of piperidine rings is 1. The van der Waals surface area contributed by atoms with E-state index < -0.39 is 41.6 Å². The number of rotatable bonds is 9. The van der Waals surface area contributed by atoms with E-state index in [1.165, 1.54) is 19.1 Å². The Balaban J connectivity index is 1.37. The van der Waals surface area contributed by atoms with Crippen molar-refractivity contribution < 1.29 is 33.4 Å². The number of amides is 2. The second kappa shape index (κ2) is 13.7. The number of aliphatic hydroxyl groups excluding tert-OH is 1. The van der Waals surface area contributed by atoms with Gasteiger partial charge >= 0.3 is 5.97 Å². The van der Waals surface area contributed by atoms with Crippen LogP contribution in [0.4, 0.5) is 8.78 Å². The highest BCUT2D eigenvalue weighted by Crippen LogP contribution is 2.46. The lowest BCUT2D eigenvalue weighted by Crippen LogP contribution is -2.44. The Hall–Kier alpha value is -3.08. The van der Waals surface area contributed by atoms with Crippen molar-refractivity contribution in [2.45, 2.75) is 95.4 Å². The molecule has 1 unspecified atom stereocenters. The summed E-state index contributed by atoms with van der Waals surface area (Å²) in [6.45, 7) is 6.64. The van der Waals surface area contributed by atoms with Crippen molar-refractivity contribution in [3.8, 4) is 0 Å². The number of carboxylic acid groups (broad SMARTS) is 1. The number of nitrogens with one attached hydrogen (secondary N) is 1. The predicted molar refractivity (Wildman–Crippen MR) is 166 cm³/mol. The highest BCUT2D eigenvalue weighted by atomic mass is 35.5. The third-order valence-corrected chi connectivity index (χ3v) is 10.5. The van der Waals surface area contributed by atoms with Crippen LogP contribution in [-0.2, 0) is 14.4 Å². The summed E-state index contributed by atoms with van der Waals surface area (Å²) in [5.41, 5.74) is 3.27. The van der Waals surface area contributed by atoms with Crippen LogP contribution in [0.1, 0.15) is 92.5 Å². The maximum Gasteiger partial charge on any atom is 0.321 e. The van der Waals surface area contributed by atoms with Crippen LogP contribution in [0.3, 0.4) is 0 Å². The fraction of sp³-hybridized carbons (Fsp3) is 0.559. The van der Waals surface area contributed by atoms with E-state index >= 15 is 4.39 Å². The van der Waals surface area contributed by atoms with Crippen molar-refractivity contribution in [3.63, 3.8) is 0 Å². The molecule has 11 heteroatoms. The molecule has 2 aromatic rings. The van der Waals surface area contributed by atoms with Crippen LogP contribution in [0.15, 0.2) is 30.3 Å². The van der Waals surface area contributed by atoms with Gasteiger partial charge < -0.3 is 20.4 Å². The topological polar surface area (TPSA) is 110 Å². The zero-order chi connectivity index (χ0) is 33.3. The summed E-state index contributed by atoms with van der Waals surface area (Å²) >= 11 is 6.57. The molecule has 244 valence electrons. The third-order valence-electron chi connectivity index (χ3n) is 10.0. The quantitative estimate of drug-likeness (QED) is 0.341. The maximum atomic E-state index is 15.2. The van der Waals surface area contributed by atoms with Crippen molar-refractivity contribution in [3.05, 3.63) is 69.2 Å². The van der Waals surface area contributed by atoms with Gasteiger partial charge in [-0.15, -0.1) is 0 Å². The predicted octanol–water partition coefficient (Wildman–Crippen LogP) is 5.30. The zero-order valence-corrected chi connectivity index (χ0v) is 26.7. The molecule has 0 bridgehead atoms. The SMILES string of the molecule is [2H]O[C@@H]1C[C@@H](C(=O)O)N(C2C[C@@H](C(=O)N3CCC(c4cc(Cl)c(C)cc4[C@H](CC)NC(C)=O)CC3)[C@H](c3ccc(F)cc3F)C2)C1. The minimum absolute atomic E-state index is 0.112. The minimum Gasteiger partial charge on any atom is -0.480 e. The van der Waals surface area contributed by atoms with E-state index in [2.05, 4.69) is 5.32 Å². The third kappa shape index (κ3) is 7.03. The van der Waals surface area contributed by atoms with Gasteiger partial charge in [0.2, 0.25) is 13.2 Å². The van der Waals surface area contributed by atoms with Gasteiger partial charge in [0, 0.05) is 56.0 Å². The monoisotopic (exact) mass is 646 g/mol. The van der Waals surface area contributed by atoms with Crippen molar-refractivity contribution in [1.29, 1.82) is 1.43 Å². The lowest BCUT2D eigenvalue weighted by atomic mass is 9.82. The van der Waals surface area contributed by atoms with Gasteiger partial charge in [-0.1, -0.05) is 30.7 Å². The van der Waals surface area contributed by atoms with E-state index in [4.69, 9.17) is 18.1 Å². The Bertz CT molecular complexity index is 1470. The molecule has 0 aromatic heterocycles. The molecule has 2 amide bonds. The normalized spacial score (nSPS) is 26.9. The van der Waals surface area contributed by atoms with Gasteiger partial charge in [-0.3, -0.25) is 19.3 Å². The molecule has 0 spiro atoms. The minimum atomic E-state index is -1.03. The fourth-order valence-electron chi connectivity index (χ4n) is 7.83. The van der Waals surface area contributed by atoms with Gasteiger partial charge in [0.05, 0.1) is 12.1 Å². The Labute approximate surface area is 269 Å². The number of hydrogen-bond donors (Lipinski definition) is 3. The van der Waals surface area contributed by atoms with Crippen LogP contribution >= 0.6 is 11.6 Å². The molecule has 3 fully saturated rings. The van der Waals surface area contributed by atoms with Crippen LogP contribution < -0.4 is 5.32 Å². The molecule has 3 N–H and O–H groups in total. The van der Waals surface area contributed by atoms with E-state index in [9.17, 15) is 23.9 Å². The van der Waals surface area contributed by atoms with E-state index in [1.807, 2.05) is 30.9 Å². The lowest BCUT2D eigenvalue weighted by molar-refractivity contribution is -0.143. The molecule has 1 aliphatic carbocycles. The second-order valence-electron chi connectivity index (χ2n) is 12.9. The smallest absolute Gasteiger partial charge is 0.321 e. The van der Waals surface area contributed by atoms with Crippen LogP contribution in [0.5, 0.6) is 0 Å². The Morgan fingerprint density at radius 1 is 1.11 bits per heavy atom. The number of carbonyl (C=O) groups is 3. The lowest BCUT2D eigenvalue weighted by Gasteiger charge is -2.36. The first-order valence-corrected chi connectivity index (χ1v) is 16.2. The highest BCUT2D eigenvalue weighted by Gasteiger charge is 2.49. The summed E-state index contributed by atoms with van der Waals surface area (Å²) in [5.74, 6) is -3.77. The largest absolute Gasteiger partial charge is 0.480 e. The van der Waals surface area contributed by atoms with Gasteiger partial charge in [-0.2, -0.15) is 0 Å². The summed E-state index contributed by atoms with van der Waals surface area (Å²) < 4.78 is 36.4. The number of aryl methyl sites for hydroxylation is 1. The van der Waals surface area contributed by atoms with Crippen LogP contribution in [0, 0.1) is 24.5 Å². The molecule has 8 nitrogen and oxygen atoms in total. The standard InChI is InChI=1S/C34H42ClF2N3O5/c1-4-31(38-19(3)41)27-11-18(2)29(35)16-25(27)20-7-9-39(10-8-20)33(43)28-14-22(40-17-23(42)15-32(40)34(44)45)13-26(28)24-6-5-21(36)12-30(24)37/h5-6,11-12,16,20,22-23,26,28,31-32,42H,4,7-10,13-15,17H2,1-3H3,(H,38,41)(H,44,45)/t22?,23-,26+,28-,31+,32+/m1/s1/i42D. The first kappa shape index (κ1) is 31.9. The number of carboxylic acids is 1. The van der Waals surface area contributed by atoms with Crippen molar-refractivity contribution in [2.75, 3.05) is 19.6 Å². The van der Waals surface area contributed by atoms with Gasteiger partial charge in [0.25, 0.3) is 0 Å². The molecule has 45 heavy (non-hydrogen) atoms. The van der Waals surface area contributed by atoms with E-state index in [1.54, 1.807) is 4.90 Å². The van der Waals surface area contributed by atoms with E-state index in [-0.39, 0.29) is 48.3 Å². The van der Waals surface area contributed by atoms with Crippen LogP contribution in [-0.4, -0.2) is 77.1 Å². The summed E-state index contributed by atoms with van der Waals surface area (Å²) in [6, 6.07) is 6.04. The molecule has 3 aliphatic rings. The van der Waals surface area contributed by atoms with E-state index in [0.717, 1.165) is 22.8 Å². The molecule has 2 aromatic carbocycles. The van der Waals surface area contributed by atoms with Gasteiger partial charge in [-0.25, -0.2) is 8.78 Å². The number of aliphatic carboxylic acids is 1. The highest BCUT2D eigenvalue weighted by molar-refractivity contribution is 6.31. The number of hydrogen-bond acceptors (Lipinski definition) is 5. The van der Waals surface area contributed by atoms with Gasteiger partial charge in [0.1, 0.15) is 17.7 Å². The number of carbonyl (C=O) groups excluding carboxylic acids is 2.